The minimum Gasteiger partial charge on any atom is -0.333 e. The highest BCUT2D eigenvalue weighted by atomic mass is 127. The molecule has 1 N–H and O–H groups in total. The van der Waals surface area contributed by atoms with E-state index in [0.29, 0.717) is 5.56 Å². The Labute approximate surface area is 98.8 Å². The Bertz CT molecular complexity index is 495. The van der Waals surface area contributed by atoms with Gasteiger partial charge in [-0.2, -0.15) is 0 Å². The van der Waals surface area contributed by atoms with Gasteiger partial charge in [0.05, 0.1) is 11.0 Å². The van der Waals surface area contributed by atoms with Crippen molar-refractivity contribution >= 4 is 49.2 Å². The van der Waals surface area contributed by atoms with Crippen LogP contribution in [0.3, 0.4) is 0 Å². The van der Waals surface area contributed by atoms with Crippen molar-refractivity contribution in [1.82, 2.24) is 9.97 Å². The van der Waals surface area contributed by atoms with E-state index in [1.165, 1.54) is 0 Å². The number of hydrogen-bond donors (Lipinski definition) is 1. The molecule has 0 spiro atoms. The van der Waals surface area contributed by atoms with E-state index < -0.39 is 0 Å². The number of benzene rings is 1. The highest BCUT2D eigenvalue weighted by Crippen LogP contribution is 2.19. The van der Waals surface area contributed by atoms with E-state index in [0.717, 1.165) is 16.2 Å². The maximum atomic E-state index is 11.1. The number of thioether (sulfide) groups is 1. The molecule has 0 aliphatic carbocycles. The molecule has 0 saturated heterocycles. The van der Waals surface area contributed by atoms with Crippen LogP contribution in [0.25, 0.3) is 11.0 Å². The number of carbonyl (C=O) groups is 1. The molecule has 0 fully saturated rings. The van der Waals surface area contributed by atoms with Crippen molar-refractivity contribution < 1.29 is 4.79 Å². The molecule has 0 bridgehead atoms. The van der Waals surface area contributed by atoms with Crippen LogP contribution >= 0.6 is 34.4 Å². The molecule has 0 unspecified atom stereocenters. The Kier molecular flexibility index (Phi) is 2.78. The maximum absolute atomic E-state index is 11.1. The van der Waals surface area contributed by atoms with Crippen LogP contribution in [0.5, 0.6) is 0 Å². The van der Waals surface area contributed by atoms with Gasteiger partial charge in [0.15, 0.2) is 5.16 Å². The van der Waals surface area contributed by atoms with Crippen molar-refractivity contribution in [3.05, 3.63) is 23.8 Å². The number of imidazole rings is 1. The van der Waals surface area contributed by atoms with Gasteiger partial charge in [-0.25, -0.2) is 4.98 Å². The molecule has 0 aliphatic rings. The molecule has 0 aliphatic heterocycles. The van der Waals surface area contributed by atoms with Crippen LogP contribution in [0.1, 0.15) is 10.4 Å². The van der Waals surface area contributed by atoms with Crippen LogP contribution in [-0.2, 0) is 0 Å². The van der Waals surface area contributed by atoms with Crippen molar-refractivity contribution in [2.24, 2.45) is 0 Å². The van der Waals surface area contributed by atoms with Gasteiger partial charge >= 0.3 is 0 Å². The largest absolute Gasteiger partial charge is 0.333 e. The molecule has 72 valence electrons. The van der Waals surface area contributed by atoms with Crippen LogP contribution in [0.15, 0.2) is 23.4 Å². The molecule has 0 atom stereocenters. The third kappa shape index (κ3) is 1.78. The number of nitrogens with one attached hydrogen (secondary N) is 1. The normalized spacial score (nSPS) is 10.7. The van der Waals surface area contributed by atoms with Crippen molar-refractivity contribution in [2.45, 2.75) is 5.16 Å². The first-order valence-corrected chi connectivity index (χ1v) is 6.24. The number of carbonyl (C=O) groups excluding carboxylic acids is 1. The fourth-order valence-corrected chi connectivity index (χ4v) is 1.94. The number of halogens is 1. The molecule has 1 aromatic carbocycles. The van der Waals surface area contributed by atoms with Crippen LogP contribution in [-0.4, -0.2) is 20.0 Å². The first-order valence-electron chi connectivity index (χ1n) is 3.94. The summed E-state index contributed by atoms with van der Waals surface area (Å²) in [5.41, 5.74) is 2.52. The van der Waals surface area contributed by atoms with Crippen LogP contribution in [0.2, 0.25) is 0 Å². The second-order valence-electron chi connectivity index (χ2n) is 2.75. The molecule has 0 amide bonds. The number of fused-ring (bicyclic) bond motifs is 1. The molecule has 3 nitrogen and oxygen atoms in total. The molecule has 14 heavy (non-hydrogen) atoms. The number of aromatic amines is 1. The predicted octanol–water partition coefficient (Wildman–Crippen LogP) is 2.86. The number of nitrogens with zero attached hydrogens (tertiary/aromatic N) is 1. The Morgan fingerprint density at radius 2 is 2.36 bits per heavy atom. The van der Waals surface area contributed by atoms with Crippen molar-refractivity contribution in [3.63, 3.8) is 0 Å². The molecular formula is C9H7IN2OS. The molecule has 0 saturated carbocycles. The summed E-state index contributed by atoms with van der Waals surface area (Å²) in [5.74, 6) is 0. The molecule has 2 aromatic rings. The zero-order chi connectivity index (χ0) is 10.1. The van der Waals surface area contributed by atoms with E-state index in [2.05, 4.69) is 9.97 Å². The van der Waals surface area contributed by atoms with Gasteiger partial charge in [0.1, 0.15) is 0 Å². The number of rotatable bonds is 2. The zero-order valence-corrected chi connectivity index (χ0v) is 10.3. The summed E-state index contributed by atoms with van der Waals surface area (Å²) in [5, 5.41) is 0.873. The Hall–Kier alpha value is -0.560. The molecule has 2 rings (SSSR count). The van der Waals surface area contributed by atoms with E-state index in [4.69, 9.17) is 0 Å². The highest BCUT2D eigenvalue weighted by Gasteiger charge is 2.05. The molecule has 0 radical (unpaired) electrons. The minimum absolute atomic E-state index is 0.0461. The average Bonchev–Trinajstić information content (AvgIpc) is 2.58. The lowest BCUT2D eigenvalue weighted by atomic mass is 10.2. The summed E-state index contributed by atoms with van der Waals surface area (Å²) >= 11 is 3.33. The lowest BCUT2D eigenvalue weighted by molar-refractivity contribution is 0.110. The van der Waals surface area contributed by atoms with Gasteiger partial charge in [-0.1, -0.05) is 11.8 Å². The van der Waals surface area contributed by atoms with E-state index >= 15 is 0 Å². The predicted molar refractivity (Wildman–Crippen MR) is 66.2 cm³/mol. The second-order valence-corrected chi connectivity index (χ2v) is 4.53. The van der Waals surface area contributed by atoms with Crippen molar-refractivity contribution in [2.75, 3.05) is 6.26 Å². The second kappa shape index (κ2) is 3.90. The first kappa shape index (κ1) is 9.97. The van der Waals surface area contributed by atoms with E-state index in [1.807, 2.05) is 18.4 Å². The molecule has 1 heterocycles. The van der Waals surface area contributed by atoms with Crippen LogP contribution in [0.4, 0.5) is 0 Å². The standard InChI is InChI=1S/C9H7IN2OS/c1-14-9-11-6-3-2-5(8(10)13)4-7(6)12-9/h2-4H,1H3,(H,11,12). The zero-order valence-electron chi connectivity index (χ0n) is 7.37. The van der Waals surface area contributed by atoms with Crippen LogP contribution in [0, 0.1) is 0 Å². The highest BCUT2D eigenvalue weighted by molar-refractivity contribution is 14.1. The van der Waals surface area contributed by atoms with Gasteiger partial charge in [0.2, 0.25) is 3.79 Å². The third-order valence-corrected chi connectivity index (χ3v) is 3.08. The monoisotopic (exact) mass is 318 g/mol. The van der Waals surface area contributed by atoms with Crippen LogP contribution < -0.4 is 0 Å². The number of hydrogen-bond acceptors (Lipinski definition) is 3. The van der Waals surface area contributed by atoms with Gasteiger partial charge < -0.3 is 4.98 Å². The third-order valence-electron chi connectivity index (χ3n) is 1.88. The topological polar surface area (TPSA) is 45.8 Å². The smallest absolute Gasteiger partial charge is 0.222 e. The van der Waals surface area contributed by atoms with Crippen molar-refractivity contribution in [1.29, 1.82) is 0 Å². The SMILES string of the molecule is CSc1nc2ccc(C(=O)I)cc2[nH]1. The average molecular weight is 318 g/mol. The summed E-state index contributed by atoms with van der Waals surface area (Å²) in [7, 11) is 0. The van der Waals surface area contributed by atoms with Gasteiger partial charge in [0.25, 0.3) is 0 Å². The Morgan fingerprint density at radius 1 is 1.57 bits per heavy atom. The lowest BCUT2D eigenvalue weighted by Gasteiger charge is -1.92. The quantitative estimate of drug-likeness (QED) is 0.526. The van der Waals surface area contributed by atoms with Crippen molar-refractivity contribution in [3.8, 4) is 0 Å². The Balaban J connectivity index is 2.59. The maximum Gasteiger partial charge on any atom is 0.222 e. The molecule has 1 aromatic heterocycles. The van der Waals surface area contributed by atoms with Gasteiger partial charge in [-0.3, -0.25) is 4.79 Å². The van der Waals surface area contributed by atoms with Gasteiger partial charge in [-0.05, 0) is 24.5 Å². The van der Waals surface area contributed by atoms with E-state index in [-0.39, 0.29) is 3.79 Å². The first-order chi connectivity index (χ1) is 6.70. The summed E-state index contributed by atoms with van der Waals surface area (Å²) in [6.07, 6.45) is 1.96. The molecule has 5 heteroatoms. The Morgan fingerprint density at radius 3 is 3.00 bits per heavy atom. The summed E-state index contributed by atoms with van der Waals surface area (Å²) in [6.45, 7) is 0. The number of aromatic nitrogens is 2. The van der Waals surface area contributed by atoms with E-state index in [9.17, 15) is 4.79 Å². The molecular weight excluding hydrogens is 311 g/mol. The van der Waals surface area contributed by atoms with Gasteiger partial charge in [-0.15, -0.1) is 0 Å². The fraction of sp³-hybridized carbons (Fsp3) is 0.111. The summed E-state index contributed by atoms with van der Waals surface area (Å²) in [6, 6.07) is 5.48. The minimum atomic E-state index is 0.0461. The fourth-order valence-electron chi connectivity index (χ4n) is 1.21. The summed E-state index contributed by atoms with van der Waals surface area (Å²) in [4.78, 5) is 18.6. The lowest BCUT2D eigenvalue weighted by Crippen LogP contribution is -1.86. The van der Waals surface area contributed by atoms with E-state index in [1.54, 1.807) is 40.4 Å². The van der Waals surface area contributed by atoms with Gasteiger partial charge in [0, 0.05) is 28.2 Å². The number of H-pyrrole nitrogens is 1. The summed E-state index contributed by atoms with van der Waals surface area (Å²) < 4.78 is 0.0461.